The molecule has 5 saturated heterocycles. The van der Waals surface area contributed by atoms with Crippen LogP contribution in [0.4, 0.5) is 0 Å². The van der Waals surface area contributed by atoms with Gasteiger partial charge in [-0.25, -0.2) is 9.59 Å². The van der Waals surface area contributed by atoms with E-state index in [0.717, 1.165) is 12.8 Å². The fourth-order valence-electron chi connectivity index (χ4n) is 4.42. The van der Waals surface area contributed by atoms with E-state index in [1.165, 1.54) is 0 Å². The first-order valence-electron chi connectivity index (χ1n) is 10.1. The minimum atomic E-state index is -0.881. The Morgan fingerprint density at radius 3 is 1.43 bits per heavy atom. The summed E-state index contributed by atoms with van der Waals surface area (Å²) in [4.78, 5) is 24.9. The maximum atomic E-state index is 12.4. The van der Waals surface area contributed by atoms with Crippen molar-refractivity contribution < 1.29 is 38.0 Å². The van der Waals surface area contributed by atoms with Crippen LogP contribution in [0.3, 0.4) is 0 Å². The summed E-state index contributed by atoms with van der Waals surface area (Å²) < 4.78 is 33.7. The van der Waals surface area contributed by atoms with Crippen LogP contribution in [0.2, 0.25) is 0 Å². The molecule has 0 bridgehead atoms. The summed E-state index contributed by atoms with van der Waals surface area (Å²) in [5.41, 5.74) is -2.46. The molecule has 0 N–H and O–H groups in total. The molecule has 8 heteroatoms. The fraction of sp³-hybridized carbons (Fsp3) is 0.900. The quantitative estimate of drug-likeness (QED) is 0.446. The second-order valence-corrected chi connectivity index (χ2v) is 9.54. The molecule has 5 rings (SSSR count). The van der Waals surface area contributed by atoms with Crippen molar-refractivity contribution in [2.24, 2.45) is 0 Å². The summed E-state index contributed by atoms with van der Waals surface area (Å²) in [7, 11) is 0. The lowest BCUT2D eigenvalue weighted by Gasteiger charge is -2.11. The van der Waals surface area contributed by atoms with Gasteiger partial charge in [0.25, 0.3) is 0 Å². The molecule has 0 aromatic rings. The van der Waals surface area contributed by atoms with E-state index in [4.69, 9.17) is 28.4 Å². The summed E-state index contributed by atoms with van der Waals surface area (Å²) in [5.74, 6) is -0.663. The lowest BCUT2D eigenvalue weighted by atomic mass is 9.95. The highest BCUT2D eigenvalue weighted by molar-refractivity contribution is 5.83. The highest BCUT2D eigenvalue weighted by atomic mass is 16.7. The van der Waals surface area contributed by atoms with E-state index in [9.17, 15) is 9.59 Å². The third-order valence-corrected chi connectivity index (χ3v) is 7.31. The van der Waals surface area contributed by atoms with Crippen molar-refractivity contribution in [3.05, 3.63) is 0 Å². The van der Waals surface area contributed by atoms with Crippen LogP contribution in [0.5, 0.6) is 0 Å². The molecule has 5 aliphatic rings. The van der Waals surface area contributed by atoms with Gasteiger partial charge in [0.15, 0.2) is 11.2 Å². The Labute approximate surface area is 164 Å². The van der Waals surface area contributed by atoms with Crippen LogP contribution >= 0.6 is 0 Å². The van der Waals surface area contributed by atoms with Crippen molar-refractivity contribution >= 4 is 11.9 Å². The minimum Gasteiger partial charge on any atom is -0.461 e. The number of carbonyl (C=O) groups is 2. The highest BCUT2D eigenvalue weighted by Crippen LogP contribution is 2.49. The van der Waals surface area contributed by atoms with Gasteiger partial charge in [-0.05, 0) is 53.4 Å². The van der Waals surface area contributed by atoms with Gasteiger partial charge in [0, 0.05) is 0 Å². The molecule has 0 saturated carbocycles. The van der Waals surface area contributed by atoms with Crippen LogP contribution in [0.25, 0.3) is 0 Å². The van der Waals surface area contributed by atoms with E-state index >= 15 is 0 Å². The maximum Gasteiger partial charge on any atom is 0.340 e. The number of esters is 2. The van der Waals surface area contributed by atoms with Gasteiger partial charge in [-0.3, -0.25) is 0 Å². The van der Waals surface area contributed by atoms with E-state index in [2.05, 4.69) is 0 Å². The first kappa shape index (κ1) is 18.8. The lowest BCUT2D eigenvalue weighted by molar-refractivity contribution is -0.150. The Morgan fingerprint density at radius 1 is 0.643 bits per heavy atom. The van der Waals surface area contributed by atoms with Gasteiger partial charge in [-0.1, -0.05) is 0 Å². The Morgan fingerprint density at radius 2 is 1.04 bits per heavy atom. The van der Waals surface area contributed by atoms with Crippen LogP contribution < -0.4 is 0 Å². The number of fused-ring (bicyclic) bond motifs is 4. The molecule has 0 aliphatic carbocycles. The van der Waals surface area contributed by atoms with Gasteiger partial charge in [-0.2, -0.15) is 0 Å². The Balaban J connectivity index is 1.25. The number of rotatable bonds is 0. The molecule has 8 nitrogen and oxygen atoms in total. The first-order valence-corrected chi connectivity index (χ1v) is 10.1. The van der Waals surface area contributed by atoms with Crippen molar-refractivity contribution in [3.8, 4) is 0 Å². The van der Waals surface area contributed by atoms with E-state index < -0.39 is 11.2 Å². The molecule has 0 spiro atoms. The molecular weight excluding hydrogens is 368 g/mol. The minimum absolute atomic E-state index is 0.132. The first-order chi connectivity index (χ1) is 13.1. The van der Waals surface area contributed by atoms with Crippen LogP contribution in [0.15, 0.2) is 0 Å². The SMILES string of the molecule is C[C@@]12CC[C@H]3O[C@]3(C)C(=O)OC[C@H]3O[C@]3(C)CC[C@H]3O[C@]3(C)C(=O)OC[C@H]1O2. The second kappa shape index (κ2) is 5.68. The summed E-state index contributed by atoms with van der Waals surface area (Å²) in [6.45, 7) is 7.96. The van der Waals surface area contributed by atoms with E-state index in [0.29, 0.717) is 12.8 Å². The molecule has 28 heavy (non-hydrogen) atoms. The zero-order chi connectivity index (χ0) is 19.9. The molecule has 0 aromatic carbocycles. The average molecular weight is 396 g/mol. The molecule has 0 amide bonds. The summed E-state index contributed by atoms with van der Waals surface area (Å²) >= 11 is 0. The fourth-order valence-corrected chi connectivity index (χ4v) is 4.42. The van der Waals surface area contributed by atoms with Crippen LogP contribution in [-0.4, -0.2) is 72.0 Å². The van der Waals surface area contributed by atoms with Crippen molar-refractivity contribution in [3.63, 3.8) is 0 Å². The normalized spacial score (nSPS) is 55.7. The van der Waals surface area contributed by atoms with Crippen molar-refractivity contribution in [1.29, 1.82) is 0 Å². The van der Waals surface area contributed by atoms with Crippen molar-refractivity contribution in [2.45, 2.75) is 100 Å². The van der Waals surface area contributed by atoms with Gasteiger partial charge in [-0.15, -0.1) is 0 Å². The number of hydrogen-bond donors (Lipinski definition) is 0. The Kier molecular flexibility index (Phi) is 3.81. The largest absolute Gasteiger partial charge is 0.461 e. The van der Waals surface area contributed by atoms with E-state index in [1.54, 1.807) is 13.8 Å². The zero-order valence-corrected chi connectivity index (χ0v) is 16.8. The topological polar surface area (TPSA) is 103 Å². The number of cyclic esters (lactones) is 2. The van der Waals surface area contributed by atoms with Gasteiger partial charge < -0.3 is 28.4 Å². The maximum absolute atomic E-state index is 12.4. The smallest absolute Gasteiger partial charge is 0.340 e. The third kappa shape index (κ3) is 2.96. The summed E-state index contributed by atoms with van der Waals surface area (Å²) in [6.07, 6.45) is 2.22. The number of epoxide rings is 4. The third-order valence-electron chi connectivity index (χ3n) is 7.31. The molecule has 0 aromatic heterocycles. The van der Waals surface area contributed by atoms with Gasteiger partial charge in [0.1, 0.15) is 25.4 Å². The predicted molar refractivity (Wildman–Crippen MR) is 93.5 cm³/mol. The molecule has 5 fully saturated rings. The van der Waals surface area contributed by atoms with Crippen molar-refractivity contribution in [2.75, 3.05) is 13.2 Å². The molecule has 5 heterocycles. The molecular formula is C20H28O8. The number of ether oxygens (including phenoxy) is 6. The highest BCUT2D eigenvalue weighted by Gasteiger charge is 2.64. The molecule has 156 valence electrons. The average Bonchev–Trinajstić information content (AvgIpc) is 3.55. The molecule has 0 radical (unpaired) electrons. The van der Waals surface area contributed by atoms with Crippen LogP contribution in [0.1, 0.15) is 53.4 Å². The lowest BCUT2D eigenvalue weighted by Crippen LogP contribution is -2.30. The molecule has 8 atom stereocenters. The van der Waals surface area contributed by atoms with Gasteiger partial charge >= 0.3 is 11.9 Å². The van der Waals surface area contributed by atoms with E-state index in [-0.39, 0.29) is 60.8 Å². The number of carbonyl (C=O) groups excluding carboxylic acids is 2. The summed E-state index contributed by atoms with van der Waals surface area (Å²) in [5, 5.41) is 0. The molecule has 0 unspecified atom stereocenters. The monoisotopic (exact) mass is 396 g/mol. The van der Waals surface area contributed by atoms with E-state index in [1.807, 2.05) is 13.8 Å². The van der Waals surface area contributed by atoms with Gasteiger partial charge in [0.2, 0.25) is 0 Å². The number of hydrogen-bond acceptors (Lipinski definition) is 8. The van der Waals surface area contributed by atoms with Crippen LogP contribution in [-0.2, 0) is 38.0 Å². The Bertz CT molecular complexity index is 665. The van der Waals surface area contributed by atoms with Crippen molar-refractivity contribution in [1.82, 2.24) is 0 Å². The standard InChI is InChI=1S/C20H28O8/c1-17-7-5-11-19(3,27-11)16(22)24-10-14-18(2,26-14)8-6-12-20(4,28-12)15(21)23-9-13(17)25-17/h11-14H,5-10H2,1-4H3/t11-,12-,13-,14-,17-,18-,19+,20+/m1/s1. The van der Waals surface area contributed by atoms with Crippen LogP contribution in [0, 0.1) is 0 Å². The summed E-state index contributed by atoms with van der Waals surface area (Å²) in [6, 6.07) is 0. The molecule has 5 aliphatic heterocycles. The predicted octanol–water partition coefficient (Wildman–Crippen LogP) is 1.28. The zero-order valence-electron chi connectivity index (χ0n) is 16.8. The Hall–Kier alpha value is -1.22. The van der Waals surface area contributed by atoms with Gasteiger partial charge in [0.05, 0.1) is 23.4 Å². The second-order valence-electron chi connectivity index (χ2n) is 9.54.